The van der Waals surface area contributed by atoms with Gasteiger partial charge in [-0.25, -0.2) is 0 Å². The van der Waals surface area contributed by atoms with Crippen LogP contribution in [0.2, 0.25) is 0 Å². The van der Waals surface area contributed by atoms with E-state index in [0.717, 1.165) is 35.5 Å². The molecular weight excluding hydrogens is 1210 g/mol. The van der Waals surface area contributed by atoms with Gasteiger partial charge in [-0.05, 0) is 266 Å². The zero-order valence-electron chi connectivity index (χ0n) is 69.6. The van der Waals surface area contributed by atoms with E-state index < -0.39 is 0 Å². The summed E-state index contributed by atoms with van der Waals surface area (Å²) in [6.07, 6.45) is 31.0. The van der Waals surface area contributed by atoms with Crippen molar-refractivity contribution in [3.8, 4) is 11.1 Å². The molecule has 0 heterocycles. The zero-order valence-corrected chi connectivity index (χ0v) is 69.6. The van der Waals surface area contributed by atoms with E-state index in [-0.39, 0.29) is 16.2 Å². The average Bonchev–Trinajstić information content (AvgIpc) is 1.60. The molecule has 101 heavy (non-hydrogen) atoms. The Morgan fingerprint density at radius 3 is 1.34 bits per heavy atom. The van der Waals surface area contributed by atoms with Crippen molar-refractivity contribution in [3.63, 3.8) is 0 Å². The molecule has 0 aromatic heterocycles. The maximum atomic E-state index is 2.51. The van der Waals surface area contributed by atoms with Crippen LogP contribution < -0.4 is 0 Å². The fraction of sp³-hybridized carbons (Fsp3) is 0.644. The Labute approximate surface area is 623 Å². The molecule has 0 amide bonds. The molecule has 8 saturated carbocycles. The lowest BCUT2D eigenvalue weighted by molar-refractivity contribution is 0.0754. The van der Waals surface area contributed by atoms with Crippen molar-refractivity contribution in [1.29, 1.82) is 0 Å². The van der Waals surface area contributed by atoms with Gasteiger partial charge in [0, 0.05) is 11.3 Å². The zero-order chi connectivity index (χ0) is 73.7. The van der Waals surface area contributed by atoms with Gasteiger partial charge in [-0.1, -0.05) is 350 Å². The van der Waals surface area contributed by atoms with Crippen LogP contribution in [0.25, 0.3) is 11.1 Å². The fourth-order valence-electron chi connectivity index (χ4n) is 23.3. The van der Waals surface area contributed by atoms with E-state index in [2.05, 4.69) is 304 Å². The molecule has 8 fully saturated rings. The van der Waals surface area contributed by atoms with Crippen LogP contribution >= 0.6 is 0 Å². The van der Waals surface area contributed by atoms with Crippen LogP contribution in [0.4, 0.5) is 0 Å². The van der Waals surface area contributed by atoms with E-state index in [9.17, 15) is 0 Å². The van der Waals surface area contributed by atoms with Gasteiger partial charge in [0.15, 0.2) is 0 Å². The maximum Gasteiger partial charge on any atom is 0.0158 e. The number of aryl methyl sites for hydroxylation is 1. The molecule has 10 atom stereocenters. The molecule has 0 nitrogen and oxygen atoms in total. The Morgan fingerprint density at radius 2 is 0.832 bits per heavy atom. The Balaban J connectivity index is 0.000000135. The van der Waals surface area contributed by atoms with Gasteiger partial charge in [0.25, 0.3) is 0 Å². The lowest BCUT2D eigenvalue weighted by Crippen LogP contribution is -2.32. The lowest BCUT2D eigenvalue weighted by Gasteiger charge is -2.44. The Kier molecular flexibility index (Phi) is 25.9. The Hall–Kier alpha value is -4.68. The highest BCUT2D eigenvalue weighted by atomic mass is 14.6. The second-order valence-electron chi connectivity index (χ2n) is 41.4. The van der Waals surface area contributed by atoms with Crippen LogP contribution in [-0.2, 0) is 33.5 Å². The molecule has 11 aliphatic carbocycles. The third-order valence-electron chi connectivity index (χ3n) is 27.7. The normalized spacial score (nSPS) is 28.5. The van der Waals surface area contributed by atoms with Crippen molar-refractivity contribution in [3.05, 3.63) is 202 Å². The minimum Gasteiger partial charge on any atom is -0.0683 e. The molecule has 0 aliphatic heterocycles. The van der Waals surface area contributed by atoms with E-state index >= 15 is 0 Å². The third kappa shape index (κ3) is 19.7. The lowest BCUT2D eigenvalue weighted by atomic mass is 9.62. The number of benzene rings is 6. The minimum absolute atomic E-state index is 0.160. The summed E-state index contributed by atoms with van der Waals surface area (Å²) in [6.45, 7) is 55.8. The summed E-state index contributed by atoms with van der Waals surface area (Å²) in [6, 6.07) is 55.0. The molecule has 0 saturated heterocycles. The SMILES string of the molecule is CC.CC(C)(C)c1ccc(C(C)(C)C)cc1.CC1(C)CC(c2ccccc2)c2ccccc21.CC1(C)CC2CC1C1CCCC21.CC1(C)CCCCC1.CC1(C)CCc2ccccc21.CC1(C)c2ccccc2-c2ccccc21.CC1CC(C)(C)CC(C)(C)C1.CC1CC2CC1C1CCCC21. The van der Waals surface area contributed by atoms with Gasteiger partial charge in [-0.2, -0.15) is 0 Å². The van der Waals surface area contributed by atoms with Crippen molar-refractivity contribution in [2.24, 2.45) is 80.8 Å². The number of hydrogen-bond donors (Lipinski definition) is 0. The monoisotopic (exact) mass is 1360 g/mol. The summed E-state index contributed by atoms with van der Waals surface area (Å²) in [5.74, 6) is 11.8. The van der Waals surface area contributed by atoms with Crippen molar-refractivity contribution in [2.45, 2.75) is 334 Å². The minimum atomic E-state index is 0.160. The average molecular weight is 1360 g/mol. The highest BCUT2D eigenvalue weighted by Gasteiger charge is 2.57. The van der Waals surface area contributed by atoms with E-state index in [1.807, 2.05) is 13.8 Å². The first-order valence-electron chi connectivity index (χ1n) is 41.9. The fourth-order valence-corrected chi connectivity index (χ4v) is 23.3. The molecule has 6 aromatic rings. The summed E-state index contributed by atoms with van der Waals surface area (Å²) >= 11 is 0. The molecule has 0 heteroatoms. The number of rotatable bonds is 1. The van der Waals surface area contributed by atoms with Crippen LogP contribution in [0.1, 0.15) is 351 Å². The van der Waals surface area contributed by atoms with Crippen molar-refractivity contribution in [1.82, 2.24) is 0 Å². The van der Waals surface area contributed by atoms with Crippen LogP contribution in [-0.4, -0.2) is 0 Å². The van der Waals surface area contributed by atoms with Crippen molar-refractivity contribution >= 4 is 0 Å². The molecule has 0 radical (unpaired) electrons. The molecule has 0 N–H and O–H groups in total. The predicted molar refractivity (Wildman–Crippen MR) is 444 cm³/mol. The molecule has 10 unspecified atom stereocenters. The topological polar surface area (TPSA) is 0 Å². The van der Waals surface area contributed by atoms with Gasteiger partial charge in [-0.15, -0.1) is 0 Å². The summed E-state index contributed by atoms with van der Waals surface area (Å²) in [5, 5.41) is 0. The molecule has 17 rings (SSSR count). The van der Waals surface area contributed by atoms with Crippen molar-refractivity contribution < 1.29 is 0 Å². The smallest absolute Gasteiger partial charge is 0.0158 e. The molecule has 554 valence electrons. The van der Waals surface area contributed by atoms with Crippen LogP contribution in [0, 0.1) is 80.8 Å². The Morgan fingerprint density at radius 1 is 0.366 bits per heavy atom. The van der Waals surface area contributed by atoms with Crippen LogP contribution in [0.3, 0.4) is 0 Å². The van der Waals surface area contributed by atoms with Gasteiger partial charge in [-0.3, -0.25) is 0 Å². The largest absolute Gasteiger partial charge is 0.0683 e. The maximum absolute atomic E-state index is 2.51. The molecule has 4 bridgehead atoms. The standard InChI is InChI=1S/C17H18.C15H14.C14H22.C12H20.C11H18.C11H14.C11H22.C8H16.C2H6/c1-17(2)12-15(13-8-4-3-5-9-13)14-10-6-7-11-16(14)17;1-15(2)13-9-5-3-7-11(13)12-8-4-6-10-14(12)15;1-13(2,3)11-7-9-12(10-8-11)14(4,5)6;1-12(2)7-8-6-11(12)10-5-3-4-9(8)10;1-7-5-8-6-11(7)10-4-2-3-9(8)10;1-11(2)8-7-9-5-3-4-6-10(9)11;1-9-6-10(2,3)8-11(4,5)7-9;1-8(2)6-4-3-5-7-8;1-2/h3-11,15H,12H2,1-2H3;3-10H,1-2H3;7-10H,1-6H3;8-11H,3-7H2,1-2H3;7-11H,2-6H2,1H3;3-6H,7-8H2,1-2H3;9H,6-8H2,1-5H3;3-7H2,1-2H3;1-2H3. The van der Waals surface area contributed by atoms with E-state index in [1.165, 1.54) is 144 Å². The molecule has 0 spiro atoms. The predicted octanol–water partition coefficient (Wildman–Crippen LogP) is 30.1. The highest BCUT2D eigenvalue weighted by molar-refractivity contribution is 5.80. The molecule has 6 aromatic carbocycles. The first-order chi connectivity index (χ1) is 47.4. The van der Waals surface area contributed by atoms with E-state index in [1.54, 1.807) is 75.3 Å². The summed E-state index contributed by atoms with van der Waals surface area (Å²) in [4.78, 5) is 0. The van der Waals surface area contributed by atoms with Gasteiger partial charge in [0.05, 0.1) is 0 Å². The van der Waals surface area contributed by atoms with E-state index in [4.69, 9.17) is 0 Å². The van der Waals surface area contributed by atoms with Gasteiger partial charge >= 0.3 is 0 Å². The van der Waals surface area contributed by atoms with Crippen LogP contribution in [0.5, 0.6) is 0 Å². The number of fused-ring (bicyclic) bond motifs is 15. The second-order valence-corrected chi connectivity index (χ2v) is 41.4. The summed E-state index contributed by atoms with van der Waals surface area (Å²) in [5.41, 5.74) is 20.1. The van der Waals surface area contributed by atoms with Gasteiger partial charge in [0.1, 0.15) is 0 Å². The van der Waals surface area contributed by atoms with Crippen LogP contribution in [0.15, 0.2) is 152 Å². The van der Waals surface area contributed by atoms with Gasteiger partial charge < -0.3 is 0 Å². The first-order valence-corrected chi connectivity index (χ1v) is 41.9. The molecular formula is C101H150. The quantitative estimate of drug-likeness (QED) is 0.154. The summed E-state index contributed by atoms with van der Waals surface area (Å²) in [7, 11) is 0. The van der Waals surface area contributed by atoms with Crippen molar-refractivity contribution in [2.75, 3.05) is 0 Å². The third-order valence-corrected chi connectivity index (χ3v) is 27.7. The van der Waals surface area contributed by atoms with Gasteiger partial charge in [0.2, 0.25) is 0 Å². The Bertz CT molecular complexity index is 3430. The number of hydrogen-bond acceptors (Lipinski definition) is 0. The second kappa shape index (κ2) is 32.6. The highest BCUT2D eigenvalue weighted by Crippen LogP contribution is 2.66. The summed E-state index contributed by atoms with van der Waals surface area (Å²) < 4.78 is 0. The molecule has 11 aliphatic rings. The first kappa shape index (κ1) is 80.4. The van der Waals surface area contributed by atoms with E-state index in [0.29, 0.717) is 38.4 Å².